The van der Waals surface area contributed by atoms with Crippen molar-refractivity contribution in [2.75, 3.05) is 11.9 Å². The highest BCUT2D eigenvalue weighted by atomic mass is 35.5. The van der Waals surface area contributed by atoms with Gasteiger partial charge in [-0.1, -0.05) is 43.0 Å². The normalized spacial score (nSPS) is 15.5. The Morgan fingerprint density at radius 1 is 1.36 bits per heavy atom. The number of rotatable bonds is 5. The first kappa shape index (κ1) is 18.7. The van der Waals surface area contributed by atoms with Gasteiger partial charge < -0.3 is 5.32 Å². The SMILES string of the molecule is C=CC(C=C)=C/N=C1\CN=C(C(F)F)N=C1Nc1cccc(Cl)c1C. The number of aliphatic imine (C=N–C) groups is 3. The highest BCUT2D eigenvalue weighted by Gasteiger charge is 2.22. The maximum absolute atomic E-state index is 13.0. The van der Waals surface area contributed by atoms with Crippen molar-refractivity contribution in [3.63, 3.8) is 0 Å². The Kier molecular flexibility index (Phi) is 6.36. The minimum absolute atomic E-state index is 0.0107. The fourth-order valence-corrected chi connectivity index (χ4v) is 2.15. The van der Waals surface area contributed by atoms with E-state index in [0.29, 0.717) is 22.0 Å². The predicted molar refractivity (Wildman–Crippen MR) is 101 cm³/mol. The highest BCUT2D eigenvalue weighted by Crippen LogP contribution is 2.23. The van der Waals surface area contributed by atoms with Gasteiger partial charge in [-0.3, -0.25) is 9.98 Å². The summed E-state index contributed by atoms with van der Waals surface area (Å²) in [5.74, 6) is -0.322. The lowest BCUT2D eigenvalue weighted by Gasteiger charge is -2.17. The molecule has 1 heterocycles. The van der Waals surface area contributed by atoms with Crippen molar-refractivity contribution in [3.05, 3.63) is 65.9 Å². The summed E-state index contributed by atoms with van der Waals surface area (Å²) in [6, 6.07) is 5.28. The Bertz CT molecular complexity index is 797. The van der Waals surface area contributed by atoms with Gasteiger partial charge in [0.1, 0.15) is 5.71 Å². The van der Waals surface area contributed by atoms with Crippen molar-refractivity contribution in [1.29, 1.82) is 0 Å². The number of benzene rings is 1. The van der Waals surface area contributed by atoms with E-state index in [1.54, 1.807) is 30.4 Å². The zero-order chi connectivity index (χ0) is 18.4. The summed E-state index contributed by atoms with van der Waals surface area (Å²) in [7, 11) is 0. The zero-order valence-electron chi connectivity index (χ0n) is 13.6. The van der Waals surface area contributed by atoms with Gasteiger partial charge in [-0.15, -0.1) is 0 Å². The van der Waals surface area contributed by atoms with Crippen molar-refractivity contribution < 1.29 is 8.78 Å². The van der Waals surface area contributed by atoms with Gasteiger partial charge in [0.15, 0.2) is 11.7 Å². The van der Waals surface area contributed by atoms with Crippen LogP contribution in [0.2, 0.25) is 5.02 Å². The molecule has 130 valence electrons. The molecular weight excluding hydrogens is 346 g/mol. The molecule has 0 saturated carbocycles. The fraction of sp³-hybridized carbons (Fsp3) is 0.167. The number of amidine groups is 2. The van der Waals surface area contributed by atoms with Crippen molar-refractivity contribution >= 4 is 34.7 Å². The van der Waals surface area contributed by atoms with E-state index < -0.39 is 12.3 Å². The van der Waals surface area contributed by atoms with E-state index in [-0.39, 0.29) is 12.4 Å². The van der Waals surface area contributed by atoms with Crippen LogP contribution in [0.3, 0.4) is 0 Å². The topological polar surface area (TPSA) is 49.1 Å². The first-order chi connectivity index (χ1) is 12.0. The highest BCUT2D eigenvalue weighted by molar-refractivity contribution is 6.49. The number of nitrogens with one attached hydrogen (secondary N) is 1. The van der Waals surface area contributed by atoms with Crippen LogP contribution in [0.25, 0.3) is 0 Å². The second-order valence-electron chi connectivity index (χ2n) is 5.09. The van der Waals surface area contributed by atoms with E-state index in [2.05, 4.69) is 33.5 Å². The standard InChI is InChI=1S/C18H17ClF2N4/c1-4-12(5-2)9-22-15-10-23-18(16(20)21)25-17(15)24-14-8-6-7-13(19)11(14)3/h4-9,16H,1-2,10H2,3H3,(H,23,24,25)/b22-15+. The number of halogens is 3. The molecule has 7 heteroatoms. The number of hydrogen-bond donors (Lipinski definition) is 1. The third kappa shape index (κ3) is 4.70. The monoisotopic (exact) mass is 362 g/mol. The van der Waals surface area contributed by atoms with Gasteiger partial charge in [-0.2, -0.15) is 0 Å². The summed E-state index contributed by atoms with van der Waals surface area (Å²) in [5.41, 5.74) is 2.55. The van der Waals surface area contributed by atoms with E-state index >= 15 is 0 Å². The molecule has 1 aliphatic rings. The van der Waals surface area contributed by atoms with Gasteiger partial charge in [0.2, 0.25) is 0 Å². The molecule has 0 atom stereocenters. The van der Waals surface area contributed by atoms with Crippen LogP contribution in [0.5, 0.6) is 0 Å². The minimum Gasteiger partial charge on any atom is -0.338 e. The largest absolute Gasteiger partial charge is 0.338 e. The van der Waals surface area contributed by atoms with Crippen molar-refractivity contribution in [2.24, 2.45) is 15.0 Å². The first-order valence-electron chi connectivity index (χ1n) is 7.41. The molecule has 1 aliphatic heterocycles. The van der Waals surface area contributed by atoms with Crippen LogP contribution < -0.4 is 5.32 Å². The van der Waals surface area contributed by atoms with Gasteiger partial charge in [0, 0.05) is 16.9 Å². The van der Waals surface area contributed by atoms with Gasteiger partial charge in [0.25, 0.3) is 6.43 Å². The number of alkyl halides is 2. The van der Waals surface area contributed by atoms with Crippen molar-refractivity contribution in [3.8, 4) is 0 Å². The van der Waals surface area contributed by atoms with E-state index in [9.17, 15) is 8.78 Å². The van der Waals surface area contributed by atoms with Gasteiger partial charge in [-0.05, 0) is 30.2 Å². The van der Waals surface area contributed by atoms with Gasteiger partial charge >= 0.3 is 0 Å². The molecule has 0 saturated heterocycles. The Balaban J connectivity index is 2.41. The summed E-state index contributed by atoms with van der Waals surface area (Å²) >= 11 is 6.10. The molecule has 1 N–H and O–H groups in total. The molecule has 2 rings (SSSR count). The van der Waals surface area contributed by atoms with Crippen LogP contribution in [-0.2, 0) is 0 Å². The van der Waals surface area contributed by atoms with Crippen molar-refractivity contribution in [2.45, 2.75) is 13.3 Å². The molecule has 0 aliphatic carbocycles. The molecule has 0 amide bonds. The summed E-state index contributed by atoms with van der Waals surface area (Å²) in [6.45, 7) is 9.09. The molecule has 0 radical (unpaired) electrons. The van der Waals surface area contributed by atoms with Crippen LogP contribution >= 0.6 is 11.6 Å². The van der Waals surface area contributed by atoms with E-state index in [0.717, 1.165) is 5.56 Å². The Morgan fingerprint density at radius 3 is 2.72 bits per heavy atom. The molecule has 1 aromatic carbocycles. The van der Waals surface area contributed by atoms with Crippen LogP contribution in [0.15, 0.2) is 70.3 Å². The predicted octanol–water partition coefficient (Wildman–Crippen LogP) is 4.83. The number of hydrogen-bond acceptors (Lipinski definition) is 4. The van der Waals surface area contributed by atoms with Crippen LogP contribution in [0.4, 0.5) is 14.5 Å². The summed E-state index contributed by atoms with van der Waals surface area (Å²) < 4.78 is 25.9. The second-order valence-corrected chi connectivity index (χ2v) is 5.49. The average Bonchev–Trinajstić information content (AvgIpc) is 2.60. The third-order valence-corrected chi connectivity index (χ3v) is 3.86. The van der Waals surface area contributed by atoms with Crippen LogP contribution in [-0.4, -0.2) is 30.4 Å². The summed E-state index contributed by atoms with van der Waals surface area (Å²) in [6.07, 6.45) is 1.93. The maximum Gasteiger partial charge on any atom is 0.297 e. The first-order valence-corrected chi connectivity index (χ1v) is 7.79. The lowest BCUT2D eigenvalue weighted by atomic mass is 10.2. The van der Waals surface area contributed by atoms with E-state index in [1.165, 1.54) is 6.20 Å². The smallest absolute Gasteiger partial charge is 0.297 e. The molecule has 25 heavy (non-hydrogen) atoms. The minimum atomic E-state index is -2.76. The van der Waals surface area contributed by atoms with Crippen LogP contribution in [0.1, 0.15) is 5.56 Å². The van der Waals surface area contributed by atoms with Gasteiger partial charge in [0.05, 0.1) is 6.54 Å². The molecular formula is C18H17ClF2N4. The molecule has 0 bridgehead atoms. The lowest BCUT2D eigenvalue weighted by molar-refractivity contribution is 0.224. The van der Waals surface area contributed by atoms with E-state index in [1.807, 2.05) is 6.92 Å². The zero-order valence-corrected chi connectivity index (χ0v) is 14.4. The third-order valence-electron chi connectivity index (χ3n) is 3.45. The summed E-state index contributed by atoms with van der Waals surface area (Å²) in [5, 5.41) is 3.58. The van der Waals surface area contributed by atoms with Crippen molar-refractivity contribution in [1.82, 2.24) is 0 Å². The van der Waals surface area contributed by atoms with E-state index in [4.69, 9.17) is 11.6 Å². The average molecular weight is 363 g/mol. The fourth-order valence-electron chi connectivity index (χ4n) is 1.98. The molecule has 1 aromatic rings. The Labute approximate surface area is 150 Å². The molecule has 0 aromatic heterocycles. The quantitative estimate of drug-likeness (QED) is 0.749. The maximum atomic E-state index is 13.0. The van der Waals surface area contributed by atoms with Crippen LogP contribution in [0, 0.1) is 6.92 Å². The Morgan fingerprint density at radius 2 is 2.08 bits per heavy atom. The summed E-state index contributed by atoms with van der Waals surface area (Å²) in [4.78, 5) is 12.0. The molecule has 0 unspecified atom stereocenters. The lowest BCUT2D eigenvalue weighted by Crippen LogP contribution is -2.32. The van der Waals surface area contributed by atoms with Gasteiger partial charge in [-0.25, -0.2) is 13.8 Å². The molecule has 4 nitrogen and oxygen atoms in total. The number of anilines is 1. The Hall–Kier alpha value is -2.60. The molecule has 0 spiro atoms. The number of allylic oxidation sites excluding steroid dienone is 3. The molecule has 0 fully saturated rings. The second kappa shape index (κ2) is 8.48. The number of nitrogens with zero attached hydrogens (tertiary/aromatic N) is 3.